The van der Waals surface area contributed by atoms with Crippen molar-refractivity contribution in [1.29, 1.82) is 0 Å². The maximum atomic E-state index is 4.71. The first-order valence-corrected chi connectivity index (χ1v) is 10.1. The number of hydrogen-bond donors (Lipinski definition) is 0. The molecule has 0 unspecified atom stereocenters. The molecule has 140 valence electrons. The van der Waals surface area contributed by atoms with E-state index in [1.165, 1.54) is 27.3 Å². The van der Waals surface area contributed by atoms with E-state index in [-0.39, 0.29) is 0 Å². The van der Waals surface area contributed by atoms with Gasteiger partial charge in [-0.1, -0.05) is 60.7 Å². The summed E-state index contributed by atoms with van der Waals surface area (Å²) in [4.78, 5) is 9.12. The first kappa shape index (κ1) is 16.9. The van der Waals surface area contributed by atoms with E-state index in [0.717, 1.165) is 27.5 Å². The zero-order valence-electron chi connectivity index (χ0n) is 16.3. The van der Waals surface area contributed by atoms with Crippen molar-refractivity contribution in [3.63, 3.8) is 0 Å². The van der Waals surface area contributed by atoms with Gasteiger partial charge in [0.15, 0.2) is 0 Å². The summed E-state index contributed by atoms with van der Waals surface area (Å²) < 4.78 is 0. The van der Waals surface area contributed by atoms with Gasteiger partial charge in [-0.15, -0.1) is 0 Å². The fraction of sp³-hybridized carbons (Fsp3) is 0. The minimum atomic E-state index is 0.976. The Labute approximate surface area is 174 Å². The van der Waals surface area contributed by atoms with E-state index < -0.39 is 0 Å². The molecule has 0 radical (unpaired) electrons. The SMILES string of the molecule is c1ccc2cc(-c3ccc4cnc(-c5ccc6ncccc6c5)cc4c3)ccc2c1. The Bertz CT molecular complexity index is 1440. The molecule has 2 heteroatoms. The van der Waals surface area contributed by atoms with Crippen molar-refractivity contribution < 1.29 is 0 Å². The highest BCUT2D eigenvalue weighted by Crippen LogP contribution is 2.30. The molecule has 0 amide bonds. The van der Waals surface area contributed by atoms with Crippen LogP contribution in [0.25, 0.3) is 54.8 Å². The lowest BCUT2D eigenvalue weighted by Crippen LogP contribution is -1.87. The number of benzene rings is 4. The molecule has 0 spiro atoms. The van der Waals surface area contributed by atoms with Crippen LogP contribution >= 0.6 is 0 Å². The topological polar surface area (TPSA) is 25.8 Å². The summed E-state index contributed by atoms with van der Waals surface area (Å²) in [7, 11) is 0. The molecule has 30 heavy (non-hydrogen) atoms. The average molecular weight is 382 g/mol. The lowest BCUT2D eigenvalue weighted by molar-refractivity contribution is 1.35. The van der Waals surface area contributed by atoms with Crippen LogP contribution in [0, 0.1) is 0 Å². The summed E-state index contributed by atoms with van der Waals surface area (Å²) in [5.41, 5.74) is 5.52. The van der Waals surface area contributed by atoms with Crippen molar-refractivity contribution in [2.75, 3.05) is 0 Å². The van der Waals surface area contributed by atoms with Crippen LogP contribution in [0.3, 0.4) is 0 Å². The molecule has 2 nitrogen and oxygen atoms in total. The number of aromatic nitrogens is 2. The molecule has 2 aromatic heterocycles. The number of fused-ring (bicyclic) bond motifs is 3. The summed E-state index contributed by atoms with van der Waals surface area (Å²) in [5.74, 6) is 0. The van der Waals surface area contributed by atoms with Crippen LogP contribution in [0.4, 0.5) is 0 Å². The van der Waals surface area contributed by atoms with E-state index in [1.807, 2.05) is 18.5 Å². The summed E-state index contributed by atoms with van der Waals surface area (Å²) >= 11 is 0. The van der Waals surface area contributed by atoms with E-state index in [0.29, 0.717) is 0 Å². The van der Waals surface area contributed by atoms with Crippen molar-refractivity contribution in [1.82, 2.24) is 9.97 Å². The Morgan fingerprint density at radius 3 is 2.03 bits per heavy atom. The molecule has 4 aromatic carbocycles. The third kappa shape index (κ3) is 2.90. The monoisotopic (exact) mass is 382 g/mol. The first-order chi connectivity index (χ1) is 14.8. The fourth-order valence-electron chi connectivity index (χ4n) is 4.08. The molecule has 0 saturated heterocycles. The lowest BCUT2D eigenvalue weighted by atomic mass is 9.98. The maximum absolute atomic E-state index is 4.71. The average Bonchev–Trinajstić information content (AvgIpc) is 2.82. The number of pyridine rings is 2. The summed E-state index contributed by atoms with van der Waals surface area (Å²) in [6, 6.07) is 34.3. The molecule has 6 aromatic rings. The molecule has 6 rings (SSSR count). The first-order valence-electron chi connectivity index (χ1n) is 10.1. The second kappa shape index (κ2) is 6.78. The van der Waals surface area contributed by atoms with E-state index in [2.05, 4.69) is 96.0 Å². The molecule has 0 aliphatic carbocycles. The van der Waals surface area contributed by atoms with Gasteiger partial charge in [-0.25, -0.2) is 0 Å². The van der Waals surface area contributed by atoms with Gasteiger partial charge in [-0.3, -0.25) is 9.97 Å². The van der Waals surface area contributed by atoms with Gasteiger partial charge in [0.2, 0.25) is 0 Å². The van der Waals surface area contributed by atoms with Crippen LogP contribution in [-0.2, 0) is 0 Å². The molecule has 0 N–H and O–H groups in total. The van der Waals surface area contributed by atoms with Crippen molar-refractivity contribution >= 4 is 32.4 Å². The highest BCUT2D eigenvalue weighted by Gasteiger charge is 2.06. The minimum absolute atomic E-state index is 0.976. The van der Waals surface area contributed by atoms with E-state index in [4.69, 9.17) is 4.98 Å². The highest BCUT2D eigenvalue weighted by molar-refractivity contribution is 5.93. The van der Waals surface area contributed by atoms with Crippen LogP contribution in [0.1, 0.15) is 0 Å². The zero-order chi connectivity index (χ0) is 19.9. The predicted molar refractivity (Wildman–Crippen MR) is 125 cm³/mol. The molecule has 0 bridgehead atoms. The Morgan fingerprint density at radius 1 is 0.433 bits per heavy atom. The Balaban J connectivity index is 1.46. The largest absolute Gasteiger partial charge is 0.256 e. The van der Waals surface area contributed by atoms with Crippen molar-refractivity contribution in [2.24, 2.45) is 0 Å². The summed E-state index contributed by atoms with van der Waals surface area (Å²) in [5, 5.41) is 5.99. The van der Waals surface area contributed by atoms with Crippen LogP contribution < -0.4 is 0 Å². The Morgan fingerprint density at radius 2 is 1.13 bits per heavy atom. The van der Waals surface area contributed by atoms with Crippen molar-refractivity contribution in [3.05, 3.63) is 109 Å². The summed E-state index contributed by atoms with van der Waals surface area (Å²) in [6.45, 7) is 0. The zero-order valence-corrected chi connectivity index (χ0v) is 16.3. The molecule has 0 aliphatic rings. The third-order valence-corrected chi connectivity index (χ3v) is 5.70. The van der Waals surface area contributed by atoms with Gasteiger partial charge in [0, 0.05) is 28.7 Å². The van der Waals surface area contributed by atoms with Crippen LogP contribution in [-0.4, -0.2) is 9.97 Å². The molecule has 0 fully saturated rings. The quantitative estimate of drug-likeness (QED) is 0.315. The number of nitrogens with zero attached hydrogens (tertiary/aromatic N) is 2. The third-order valence-electron chi connectivity index (χ3n) is 5.70. The van der Waals surface area contributed by atoms with Crippen LogP contribution in [0.2, 0.25) is 0 Å². The van der Waals surface area contributed by atoms with Crippen LogP contribution in [0.15, 0.2) is 109 Å². The number of hydrogen-bond acceptors (Lipinski definition) is 2. The second-order valence-electron chi connectivity index (χ2n) is 7.60. The highest BCUT2D eigenvalue weighted by atomic mass is 14.7. The summed E-state index contributed by atoms with van der Waals surface area (Å²) in [6.07, 6.45) is 3.78. The van der Waals surface area contributed by atoms with E-state index in [9.17, 15) is 0 Å². The predicted octanol–water partition coefficient (Wildman–Crippen LogP) is 7.27. The normalized spacial score (nSPS) is 11.3. The van der Waals surface area contributed by atoms with Gasteiger partial charge in [0.25, 0.3) is 0 Å². The van der Waals surface area contributed by atoms with Gasteiger partial charge in [-0.2, -0.15) is 0 Å². The van der Waals surface area contributed by atoms with Gasteiger partial charge < -0.3 is 0 Å². The number of rotatable bonds is 2. The minimum Gasteiger partial charge on any atom is -0.256 e. The standard InChI is InChI=1S/C28H18N2/c1-2-5-20-14-21(8-7-19(20)4-1)22-9-10-25-18-30-28(17-26(25)15-22)24-11-12-27-23(16-24)6-3-13-29-27/h1-18H. The van der Waals surface area contributed by atoms with E-state index in [1.54, 1.807) is 0 Å². The Hall–Kier alpha value is -4.04. The second-order valence-corrected chi connectivity index (χ2v) is 7.60. The van der Waals surface area contributed by atoms with Crippen LogP contribution in [0.5, 0.6) is 0 Å². The van der Waals surface area contributed by atoms with Crippen molar-refractivity contribution in [2.45, 2.75) is 0 Å². The molecular formula is C28H18N2. The molecule has 0 saturated carbocycles. The molecule has 0 aliphatic heterocycles. The Kier molecular flexibility index (Phi) is 3.82. The smallest absolute Gasteiger partial charge is 0.0708 e. The van der Waals surface area contributed by atoms with Gasteiger partial charge in [0.05, 0.1) is 11.2 Å². The maximum Gasteiger partial charge on any atom is 0.0708 e. The molecule has 2 heterocycles. The molecule has 0 atom stereocenters. The molecular weight excluding hydrogens is 364 g/mol. The van der Waals surface area contributed by atoms with Crippen molar-refractivity contribution in [3.8, 4) is 22.4 Å². The van der Waals surface area contributed by atoms with Gasteiger partial charge >= 0.3 is 0 Å². The van der Waals surface area contributed by atoms with E-state index >= 15 is 0 Å². The van der Waals surface area contributed by atoms with Gasteiger partial charge in [0.1, 0.15) is 0 Å². The lowest BCUT2D eigenvalue weighted by Gasteiger charge is -2.08. The van der Waals surface area contributed by atoms with Gasteiger partial charge in [-0.05, 0) is 63.7 Å². The fourth-order valence-corrected chi connectivity index (χ4v) is 4.08.